The molecule has 2 atom stereocenters. The van der Waals surface area contributed by atoms with E-state index in [4.69, 9.17) is 4.74 Å². The number of hydrogen-bond donors (Lipinski definition) is 0. The van der Waals surface area contributed by atoms with Crippen molar-refractivity contribution in [1.29, 1.82) is 0 Å². The Morgan fingerprint density at radius 3 is 2.81 bits per heavy atom. The summed E-state index contributed by atoms with van der Waals surface area (Å²) in [7, 11) is 2.27. The van der Waals surface area contributed by atoms with Crippen molar-refractivity contribution in [2.24, 2.45) is 5.41 Å². The van der Waals surface area contributed by atoms with Gasteiger partial charge in [0.25, 0.3) is 0 Å². The quantitative estimate of drug-likeness (QED) is 0.665. The topological polar surface area (TPSA) is 15.7 Å². The van der Waals surface area contributed by atoms with Crippen LogP contribution in [0.3, 0.4) is 0 Å². The lowest BCUT2D eigenvalue weighted by molar-refractivity contribution is 0.0547. The van der Waals surface area contributed by atoms with Gasteiger partial charge in [-0.05, 0) is 51.2 Å². The molecule has 3 heteroatoms. The molecule has 3 nitrogen and oxygen atoms in total. The molecule has 0 aromatic carbocycles. The maximum absolute atomic E-state index is 5.53. The second kappa shape index (κ2) is 4.28. The number of ether oxygens (including phenoxy) is 1. The molecular formula is C13H24N2O. The van der Waals surface area contributed by atoms with Crippen LogP contribution in [-0.2, 0) is 4.74 Å². The van der Waals surface area contributed by atoms with Crippen LogP contribution in [0.1, 0.15) is 25.7 Å². The second-order valence-corrected chi connectivity index (χ2v) is 6.08. The lowest BCUT2D eigenvalue weighted by Gasteiger charge is -2.42. The highest BCUT2D eigenvalue weighted by Gasteiger charge is 2.41. The lowest BCUT2D eigenvalue weighted by atomic mass is 9.78. The molecule has 0 N–H and O–H groups in total. The number of piperidine rings is 1. The summed E-state index contributed by atoms with van der Waals surface area (Å²) in [6.07, 6.45) is 5.51. The summed E-state index contributed by atoms with van der Waals surface area (Å²) in [6.45, 7) is 7.21. The van der Waals surface area contributed by atoms with E-state index in [1.54, 1.807) is 0 Å². The predicted molar refractivity (Wildman–Crippen MR) is 64.6 cm³/mol. The third-order valence-corrected chi connectivity index (χ3v) is 4.74. The molecule has 16 heavy (non-hydrogen) atoms. The fourth-order valence-corrected chi connectivity index (χ4v) is 3.86. The van der Waals surface area contributed by atoms with Crippen LogP contribution in [-0.4, -0.2) is 62.3 Å². The molecule has 2 unspecified atom stereocenters. The molecule has 3 saturated heterocycles. The van der Waals surface area contributed by atoms with Gasteiger partial charge >= 0.3 is 0 Å². The van der Waals surface area contributed by atoms with Crippen molar-refractivity contribution in [3.8, 4) is 0 Å². The van der Waals surface area contributed by atoms with Crippen LogP contribution in [0.25, 0.3) is 0 Å². The summed E-state index contributed by atoms with van der Waals surface area (Å²) >= 11 is 0. The van der Waals surface area contributed by atoms with Crippen LogP contribution in [0, 0.1) is 5.41 Å². The van der Waals surface area contributed by atoms with E-state index in [0.29, 0.717) is 5.41 Å². The smallest absolute Gasteiger partial charge is 0.0622 e. The summed E-state index contributed by atoms with van der Waals surface area (Å²) in [5.74, 6) is 0. The number of rotatable bonds is 1. The average molecular weight is 224 g/mol. The van der Waals surface area contributed by atoms with Gasteiger partial charge in [-0.2, -0.15) is 0 Å². The van der Waals surface area contributed by atoms with Crippen molar-refractivity contribution >= 4 is 0 Å². The highest BCUT2D eigenvalue weighted by atomic mass is 16.5. The third kappa shape index (κ3) is 2.01. The molecule has 0 aromatic heterocycles. The number of likely N-dealkylation sites (tertiary alicyclic amines) is 2. The van der Waals surface area contributed by atoms with Crippen molar-refractivity contribution in [3.05, 3.63) is 0 Å². The molecule has 0 aromatic rings. The molecule has 3 aliphatic heterocycles. The Hall–Kier alpha value is -0.120. The van der Waals surface area contributed by atoms with Crippen molar-refractivity contribution < 1.29 is 4.74 Å². The molecule has 3 aliphatic rings. The van der Waals surface area contributed by atoms with Gasteiger partial charge in [0.1, 0.15) is 0 Å². The normalized spacial score (nSPS) is 42.2. The van der Waals surface area contributed by atoms with Gasteiger partial charge in [-0.15, -0.1) is 0 Å². The van der Waals surface area contributed by atoms with Gasteiger partial charge in [0.2, 0.25) is 0 Å². The first-order valence-corrected chi connectivity index (χ1v) is 6.78. The number of nitrogens with zero attached hydrogens (tertiary/aromatic N) is 2. The summed E-state index contributed by atoms with van der Waals surface area (Å²) < 4.78 is 5.53. The van der Waals surface area contributed by atoms with Crippen LogP contribution in [0.15, 0.2) is 0 Å². The van der Waals surface area contributed by atoms with Crippen molar-refractivity contribution in [3.63, 3.8) is 0 Å². The zero-order valence-electron chi connectivity index (χ0n) is 10.5. The van der Waals surface area contributed by atoms with Gasteiger partial charge in [0, 0.05) is 25.7 Å². The minimum atomic E-state index is 0.621. The van der Waals surface area contributed by atoms with E-state index in [2.05, 4.69) is 16.8 Å². The van der Waals surface area contributed by atoms with Crippen LogP contribution >= 0.6 is 0 Å². The molecule has 3 rings (SSSR count). The van der Waals surface area contributed by atoms with Gasteiger partial charge in [-0.25, -0.2) is 0 Å². The van der Waals surface area contributed by atoms with E-state index in [-0.39, 0.29) is 0 Å². The third-order valence-electron chi connectivity index (χ3n) is 4.74. The lowest BCUT2D eigenvalue weighted by Crippen LogP contribution is -2.49. The zero-order chi connectivity index (χ0) is 11.0. The van der Waals surface area contributed by atoms with E-state index in [1.165, 1.54) is 51.9 Å². The minimum Gasteiger partial charge on any atom is -0.380 e. The van der Waals surface area contributed by atoms with Crippen LogP contribution in [0.4, 0.5) is 0 Å². The molecule has 0 bridgehead atoms. The number of hydrogen-bond acceptors (Lipinski definition) is 3. The van der Waals surface area contributed by atoms with E-state index in [9.17, 15) is 0 Å². The molecule has 1 spiro atoms. The fourth-order valence-electron chi connectivity index (χ4n) is 3.86. The predicted octanol–water partition coefficient (Wildman–Crippen LogP) is 1.19. The van der Waals surface area contributed by atoms with Crippen LogP contribution in [0.2, 0.25) is 0 Å². The van der Waals surface area contributed by atoms with Gasteiger partial charge in [0.15, 0.2) is 0 Å². The van der Waals surface area contributed by atoms with Crippen molar-refractivity contribution in [2.75, 3.05) is 46.4 Å². The van der Waals surface area contributed by atoms with Crippen LogP contribution in [0.5, 0.6) is 0 Å². The Morgan fingerprint density at radius 1 is 1.19 bits per heavy atom. The summed E-state index contributed by atoms with van der Waals surface area (Å²) in [6, 6.07) is 0.725. The Morgan fingerprint density at radius 2 is 2.12 bits per heavy atom. The molecular weight excluding hydrogens is 200 g/mol. The first-order valence-electron chi connectivity index (χ1n) is 6.78. The largest absolute Gasteiger partial charge is 0.380 e. The van der Waals surface area contributed by atoms with Gasteiger partial charge < -0.3 is 9.64 Å². The molecule has 3 fully saturated rings. The molecule has 0 radical (unpaired) electrons. The first-order chi connectivity index (χ1) is 7.77. The molecule has 0 amide bonds. The van der Waals surface area contributed by atoms with E-state index in [1.807, 2.05) is 0 Å². The van der Waals surface area contributed by atoms with E-state index >= 15 is 0 Å². The Kier molecular flexibility index (Phi) is 2.94. The average Bonchev–Trinajstić information content (AvgIpc) is 2.89. The Labute approximate surface area is 98.7 Å². The fraction of sp³-hybridized carbons (Fsp3) is 1.00. The summed E-state index contributed by atoms with van der Waals surface area (Å²) in [5.41, 5.74) is 0.621. The SMILES string of the molecule is CN1CCC2(CCCN(C3CCOC3)C2)C1. The maximum atomic E-state index is 5.53. The monoisotopic (exact) mass is 224 g/mol. The van der Waals surface area contributed by atoms with Gasteiger partial charge in [-0.1, -0.05) is 0 Å². The minimum absolute atomic E-state index is 0.621. The first kappa shape index (κ1) is 11.0. The maximum Gasteiger partial charge on any atom is 0.0622 e. The summed E-state index contributed by atoms with van der Waals surface area (Å²) in [4.78, 5) is 5.23. The second-order valence-electron chi connectivity index (χ2n) is 6.08. The van der Waals surface area contributed by atoms with E-state index in [0.717, 1.165) is 19.3 Å². The van der Waals surface area contributed by atoms with E-state index < -0.39 is 0 Å². The highest BCUT2D eigenvalue weighted by Crippen LogP contribution is 2.39. The molecule has 92 valence electrons. The Balaban J connectivity index is 1.65. The molecule has 0 aliphatic carbocycles. The zero-order valence-corrected chi connectivity index (χ0v) is 10.5. The molecule has 3 heterocycles. The van der Waals surface area contributed by atoms with Crippen molar-refractivity contribution in [1.82, 2.24) is 9.80 Å². The van der Waals surface area contributed by atoms with Crippen molar-refractivity contribution in [2.45, 2.75) is 31.7 Å². The van der Waals surface area contributed by atoms with Crippen LogP contribution < -0.4 is 0 Å². The molecule has 0 saturated carbocycles. The standard InChI is InChI=1S/C13H24N2O/c1-14-7-5-13(10-14)4-2-6-15(11-13)12-3-8-16-9-12/h12H,2-11H2,1H3. The van der Waals surface area contributed by atoms with Gasteiger partial charge in [-0.3, -0.25) is 4.90 Å². The summed E-state index contributed by atoms with van der Waals surface area (Å²) in [5, 5.41) is 0. The Bertz CT molecular complexity index is 248. The van der Waals surface area contributed by atoms with Gasteiger partial charge in [0.05, 0.1) is 6.61 Å². The highest BCUT2D eigenvalue weighted by molar-refractivity contribution is 4.95.